The topological polar surface area (TPSA) is 95.3 Å². The van der Waals surface area contributed by atoms with E-state index in [0.717, 1.165) is 64.7 Å². The van der Waals surface area contributed by atoms with Crippen molar-refractivity contribution in [2.45, 2.75) is 71.5 Å². The Bertz CT molecular complexity index is 1530. The first-order chi connectivity index (χ1) is 17.9. The third-order valence-electron chi connectivity index (χ3n) is 7.67. The Morgan fingerprint density at radius 3 is 2.62 bits per heavy atom. The fourth-order valence-corrected chi connectivity index (χ4v) is 6.35. The van der Waals surface area contributed by atoms with Gasteiger partial charge in [0.15, 0.2) is 5.65 Å². The molecule has 0 aromatic carbocycles. The lowest BCUT2D eigenvalue weighted by atomic mass is 9.98. The van der Waals surface area contributed by atoms with Crippen LogP contribution in [-0.4, -0.2) is 54.2 Å². The van der Waals surface area contributed by atoms with Gasteiger partial charge in [-0.3, -0.25) is 9.69 Å². The highest BCUT2D eigenvalue weighted by Gasteiger charge is 2.36. The minimum Gasteiger partial charge on any atom is -0.362 e. The van der Waals surface area contributed by atoms with E-state index < -0.39 is 0 Å². The maximum absolute atomic E-state index is 12.9. The van der Waals surface area contributed by atoms with Gasteiger partial charge >= 0.3 is 0 Å². The van der Waals surface area contributed by atoms with Gasteiger partial charge in [-0.15, -0.1) is 0 Å². The molecule has 10 heteroatoms. The molecule has 4 aromatic heterocycles. The lowest BCUT2D eigenvalue weighted by Gasteiger charge is -2.49. The van der Waals surface area contributed by atoms with Gasteiger partial charge in [0.05, 0.1) is 40.8 Å². The van der Waals surface area contributed by atoms with Crippen molar-refractivity contribution in [3.8, 4) is 6.07 Å². The minimum absolute atomic E-state index is 0.0874. The largest absolute Gasteiger partial charge is 0.362 e. The quantitative estimate of drug-likeness (QED) is 0.363. The monoisotopic (exact) mass is 518 g/mol. The van der Waals surface area contributed by atoms with Crippen molar-refractivity contribution < 1.29 is 0 Å². The van der Waals surface area contributed by atoms with Crippen LogP contribution in [0.5, 0.6) is 0 Å². The van der Waals surface area contributed by atoms with Gasteiger partial charge in [-0.1, -0.05) is 32.1 Å². The first-order valence-electron chi connectivity index (χ1n) is 13.1. The van der Waals surface area contributed by atoms with Crippen LogP contribution in [0, 0.1) is 11.3 Å². The number of nitrogens with zero attached hydrogens (tertiary/aromatic N) is 8. The summed E-state index contributed by atoms with van der Waals surface area (Å²) < 4.78 is 3.33. The molecule has 0 aliphatic carbocycles. The van der Waals surface area contributed by atoms with E-state index in [1.165, 1.54) is 0 Å². The zero-order valence-corrected chi connectivity index (χ0v) is 23.0. The van der Waals surface area contributed by atoms with Crippen molar-refractivity contribution in [3.05, 3.63) is 51.1 Å². The number of anilines is 1. The third-order valence-corrected chi connectivity index (χ3v) is 8.78. The molecule has 37 heavy (non-hydrogen) atoms. The van der Waals surface area contributed by atoms with Crippen LogP contribution in [0.15, 0.2) is 29.2 Å². The molecular weight excluding hydrogens is 484 g/mol. The summed E-state index contributed by atoms with van der Waals surface area (Å²) in [6.07, 6.45) is 4.86. The number of imidazole rings is 1. The maximum Gasteiger partial charge on any atom is 0.267 e. The molecule has 1 aliphatic heterocycles. The van der Waals surface area contributed by atoms with Gasteiger partial charge in [-0.2, -0.15) is 5.26 Å². The Morgan fingerprint density at radius 2 is 1.92 bits per heavy atom. The summed E-state index contributed by atoms with van der Waals surface area (Å²) in [5.41, 5.74) is 4.22. The Kier molecular flexibility index (Phi) is 7.01. The van der Waals surface area contributed by atoms with Crippen LogP contribution in [0.1, 0.15) is 63.0 Å². The van der Waals surface area contributed by atoms with Crippen LogP contribution >= 0.6 is 11.3 Å². The van der Waals surface area contributed by atoms with Gasteiger partial charge in [0.25, 0.3) is 5.56 Å². The van der Waals surface area contributed by atoms with E-state index in [2.05, 4.69) is 60.7 Å². The Hall–Kier alpha value is -3.29. The number of thiazole rings is 1. The van der Waals surface area contributed by atoms with E-state index in [9.17, 15) is 10.1 Å². The predicted molar refractivity (Wildman–Crippen MR) is 147 cm³/mol. The smallest absolute Gasteiger partial charge is 0.267 e. The molecule has 3 atom stereocenters. The molecule has 1 saturated heterocycles. The minimum atomic E-state index is -0.0874. The zero-order chi connectivity index (χ0) is 26.3. The molecule has 4 aromatic rings. The first kappa shape index (κ1) is 25.4. The van der Waals surface area contributed by atoms with Crippen LogP contribution < -0.4 is 10.5 Å². The van der Waals surface area contributed by atoms with E-state index in [0.29, 0.717) is 11.7 Å². The second kappa shape index (κ2) is 10.2. The highest BCUT2D eigenvalue weighted by molar-refractivity contribution is 7.18. The number of aryl methyl sites for hydroxylation is 2. The summed E-state index contributed by atoms with van der Waals surface area (Å²) in [4.78, 5) is 33.3. The van der Waals surface area contributed by atoms with Crippen molar-refractivity contribution in [1.29, 1.82) is 5.26 Å². The second-order valence-electron chi connectivity index (χ2n) is 9.80. The SMILES string of the molecule is CCc1nc2ccc(C(C)N3C[C@H](CC)N(c4cc(=O)n(C)n5cc(CC#N)nc45)C[C@H]3CC)nc2s1. The van der Waals surface area contributed by atoms with E-state index in [1.54, 1.807) is 39.8 Å². The molecule has 0 bridgehead atoms. The molecule has 1 fully saturated rings. The molecule has 9 nitrogen and oxygen atoms in total. The van der Waals surface area contributed by atoms with Gasteiger partial charge < -0.3 is 4.90 Å². The van der Waals surface area contributed by atoms with E-state index >= 15 is 0 Å². The highest BCUT2D eigenvalue weighted by Crippen LogP contribution is 2.34. The molecule has 0 spiro atoms. The fraction of sp³-hybridized carbons (Fsp3) is 0.519. The number of hydrogen-bond acceptors (Lipinski definition) is 8. The normalized spacial score (nSPS) is 19.5. The molecule has 1 aliphatic rings. The van der Waals surface area contributed by atoms with Gasteiger partial charge in [0.1, 0.15) is 10.3 Å². The molecule has 194 valence electrons. The lowest BCUT2D eigenvalue weighted by Crippen LogP contribution is -2.59. The lowest BCUT2D eigenvalue weighted by molar-refractivity contribution is 0.0993. The Balaban J connectivity index is 1.49. The zero-order valence-electron chi connectivity index (χ0n) is 22.2. The average Bonchev–Trinajstić information content (AvgIpc) is 3.53. The first-order valence-corrected chi connectivity index (χ1v) is 13.9. The number of piperazine rings is 1. The average molecular weight is 519 g/mol. The number of hydrogen-bond donors (Lipinski definition) is 0. The van der Waals surface area contributed by atoms with Gasteiger partial charge in [0.2, 0.25) is 0 Å². The summed E-state index contributed by atoms with van der Waals surface area (Å²) in [6.45, 7) is 10.5. The number of rotatable bonds is 7. The predicted octanol–water partition coefficient (Wildman–Crippen LogP) is 4.11. The van der Waals surface area contributed by atoms with Crippen LogP contribution in [0.25, 0.3) is 16.0 Å². The second-order valence-corrected chi connectivity index (χ2v) is 10.9. The van der Waals surface area contributed by atoms with E-state index in [-0.39, 0.29) is 24.1 Å². The van der Waals surface area contributed by atoms with Crippen LogP contribution in [-0.2, 0) is 19.9 Å². The van der Waals surface area contributed by atoms with Crippen LogP contribution in [0.4, 0.5) is 5.69 Å². The molecule has 5 heterocycles. The molecule has 5 rings (SSSR count). The molecular formula is C27H34N8OS. The molecule has 1 unspecified atom stereocenters. The van der Waals surface area contributed by atoms with E-state index in [1.807, 2.05) is 0 Å². The Labute approximate surface area is 221 Å². The summed E-state index contributed by atoms with van der Waals surface area (Å²) in [5, 5.41) is 10.3. The van der Waals surface area contributed by atoms with Gasteiger partial charge in [-0.25, -0.2) is 24.1 Å². The number of fused-ring (bicyclic) bond motifs is 2. The van der Waals surface area contributed by atoms with Crippen molar-refractivity contribution >= 4 is 33.0 Å². The van der Waals surface area contributed by atoms with Crippen LogP contribution in [0.2, 0.25) is 0 Å². The molecule has 0 N–H and O–H groups in total. The molecule has 0 saturated carbocycles. The maximum atomic E-state index is 12.9. The van der Waals surface area contributed by atoms with Crippen LogP contribution in [0.3, 0.4) is 0 Å². The van der Waals surface area contributed by atoms with E-state index in [4.69, 9.17) is 9.97 Å². The van der Waals surface area contributed by atoms with Gasteiger partial charge in [0, 0.05) is 44.3 Å². The van der Waals surface area contributed by atoms with Gasteiger partial charge in [-0.05, 0) is 38.3 Å². The highest BCUT2D eigenvalue weighted by atomic mass is 32.1. The third kappa shape index (κ3) is 4.51. The summed E-state index contributed by atoms with van der Waals surface area (Å²) in [5.74, 6) is 0. The fourth-order valence-electron chi connectivity index (χ4n) is 5.46. The summed E-state index contributed by atoms with van der Waals surface area (Å²) in [7, 11) is 1.74. The number of nitriles is 1. The number of pyridine rings is 1. The standard InChI is InChI=1S/C27H34N8OS/c1-6-19-16-34(23-13-25(36)32(5)35-14-18(11-12-28)29-26(23)35)20(7-2)15-33(19)17(4)21-9-10-22-27(31-21)37-24(8-3)30-22/h9-10,13-14,17,19-20H,6-8,11,15-16H2,1-5H3/t17?,19-,20+/m1/s1. The van der Waals surface area contributed by atoms with Crippen molar-refractivity contribution in [2.24, 2.45) is 7.05 Å². The summed E-state index contributed by atoms with van der Waals surface area (Å²) in [6, 6.07) is 8.78. The Morgan fingerprint density at radius 1 is 1.14 bits per heavy atom. The molecule has 0 radical (unpaired) electrons. The van der Waals surface area contributed by atoms with Crippen molar-refractivity contribution in [3.63, 3.8) is 0 Å². The summed E-state index contributed by atoms with van der Waals surface area (Å²) >= 11 is 1.68. The van der Waals surface area contributed by atoms with Crippen molar-refractivity contribution in [1.82, 2.24) is 29.0 Å². The number of aromatic nitrogens is 5. The molecule has 0 amide bonds. The van der Waals surface area contributed by atoms with Crippen molar-refractivity contribution in [2.75, 3.05) is 18.0 Å².